The second kappa shape index (κ2) is 6.75. The average Bonchev–Trinajstić information content (AvgIpc) is 2.49. The zero-order valence-electron chi connectivity index (χ0n) is 12.2. The number of carbonyl (C=O) groups is 3. The van der Waals surface area contributed by atoms with E-state index in [-0.39, 0.29) is 18.0 Å². The molecule has 0 radical (unpaired) electrons. The summed E-state index contributed by atoms with van der Waals surface area (Å²) in [5, 5.41) is 14.6. The molecule has 0 aromatic heterocycles. The Morgan fingerprint density at radius 2 is 2.00 bits per heavy atom. The number of nitrogens with one attached hydrogen (secondary N) is 2. The summed E-state index contributed by atoms with van der Waals surface area (Å²) in [6, 6.07) is -0.686. The maximum absolute atomic E-state index is 12.1. The Bertz CT molecular complexity index is 410. The molecule has 0 aromatic carbocycles. The molecule has 2 aliphatic heterocycles. The first-order valence-corrected chi connectivity index (χ1v) is 7.26. The van der Waals surface area contributed by atoms with Crippen LogP contribution in [0.1, 0.15) is 19.8 Å². The monoisotopic (exact) mass is 298 g/mol. The largest absolute Gasteiger partial charge is 0.480 e. The lowest BCUT2D eigenvalue weighted by Gasteiger charge is -2.37. The Balaban J connectivity index is 1.75. The van der Waals surface area contributed by atoms with Crippen molar-refractivity contribution in [3.63, 3.8) is 0 Å². The summed E-state index contributed by atoms with van der Waals surface area (Å²) in [6.45, 7) is 4.28. The van der Waals surface area contributed by atoms with Gasteiger partial charge in [-0.3, -0.25) is 14.5 Å². The molecule has 2 unspecified atom stereocenters. The minimum Gasteiger partial charge on any atom is -0.480 e. The Hall–Kier alpha value is -1.83. The van der Waals surface area contributed by atoms with Crippen LogP contribution < -0.4 is 10.6 Å². The van der Waals surface area contributed by atoms with Crippen LogP contribution in [0.3, 0.4) is 0 Å². The number of nitrogens with zero attached hydrogens (tertiary/aromatic N) is 2. The quantitative estimate of drug-likeness (QED) is 0.624. The Morgan fingerprint density at radius 3 is 2.52 bits per heavy atom. The third-order valence-electron chi connectivity index (χ3n) is 4.10. The third-order valence-corrected chi connectivity index (χ3v) is 4.10. The maximum Gasteiger partial charge on any atom is 0.320 e. The van der Waals surface area contributed by atoms with E-state index in [2.05, 4.69) is 10.6 Å². The molecule has 2 fully saturated rings. The minimum absolute atomic E-state index is 0.0221. The summed E-state index contributed by atoms with van der Waals surface area (Å²) in [6.07, 6.45) is 1.10. The molecule has 118 valence electrons. The predicted octanol–water partition coefficient (Wildman–Crippen LogP) is -0.935. The van der Waals surface area contributed by atoms with Gasteiger partial charge in [0.05, 0.1) is 0 Å². The van der Waals surface area contributed by atoms with E-state index >= 15 is 0 Å². The lowest BCUT2D eigenvalue weighted by atomic mass is 10.1. The number of rotatable bonds is 3. The number of carboxylic acids is 1. The summed E-state index contributed by atoms with van der Waals surface area (Å²) < 4.78 is 0. The fourth-order valence-corrected chi connectivity index (χ4v) is 2.59. The highest BCUT2D eigenvalue weighted by Crippen LogP contribution is 2.08. The van der Waals surface area contributed by atoms with Gasteiger partial charge < -0.3 is 20.6 Å². The van der Waals surface area contributed by atoms with Crippen LogP contribution in [0.2, 0.25) is 0 Å². The average molecular weight is 298 g/mol. The molecule has 2 atom stereocenters. The molecule has 2 saturated heterocycles. The van der Waals surface area contributed by atoms with Gasteiger partial charge in [-0.15, -0.1) is 0 Å². The highest BCUT2D eigenvalue weighted by Gasteiger charge is 2.28. The summed E-state index contributed by atoms with van der Waals surface area (Å²) in [7, 11) is 0. The molecule has 0 bridgehead atoms. The number of piperidine rings is 1. The topological polar surface area (TPSA) is 102 Å². The van der Waals surface area contributed by atoms with Gasteiger partial charge in [0.2, 0.25) is 5.91 Å². The van der Waals surface area contributed by atoms with Crippen LogP contribution >= 0.6 is 0 Å². The molecule has 0 spiro atoms. The lowest BCUT2D eigenvalue weighted by Crippen LogP contribution is -2.57. The van der Waals surface area contributed by atoms with E-state index in [0.717, 1.165) is 0 Å². The zero-order valence-corrected chi connectivity index (χ0v) is 12.2. The van der Waals surface area contributed by atoms with Gasteiger partial charge in [-0.1, -0.05) is 0 Å². The number of aliphatic carboxylic acids is 1. The van der Waals surface area contributed by atoms with Crippen LogP contribution in [0.4, 0.5) is 4.79 Å². The van der Waals surface area contributed by atoms with Crippen LogP contribution in [0.25, 0.3) is 0 Å². The summed E-state index contributed by atoms with van der Waals surface area (Å²) in [4.78, 5) is 37.7. The highest BCUT2D eigenvalue weighted by atomic mass is 16.4. The minimum atomic E-state index is -0.842. The third kappa shape index (κ3) is 4.07. The van der Waals surface area contributed by atoms with E-state index in [1.165, 1.54) is 0 Å². The molecule has 3 amide bonds. The lowest BCUT2D eigenvalue weighted by molar-refractivity contribution is -0.143. The van der Waals surface area contributed by atoms with E-state index in [1.807, 2.05) is 4.90 Å². The van der Waals surface area contributed by atoms with E-state index in [9.17, 15) is 14.4 Å². The van der Waals surface area contributed by atoms with E-state index < -0.39 is 12.0 Å². The van der Waals surface area contributed by atoms with Gasteiger partial charge in [0.25, 0.3) is 0 Å². The molecule has 21 heavy (non-hydrogen) atoms. The molecule has 0 saturated carbocycles. The highest BCUT2D eigenvalue weighted by molar-refractivity contribution is 5.78. The SMILES string of the molecule is CC(C(=O)O)N1CCN(C(=O)NC2CCC(=O)NC2)CC1. The number of hydrogen-bond donors (Lipinski definition) is 3. The summed E-state index contributed by atoms with van der Waals surface area (Å²) in [5.41, 5.74) is 0. The number of piperazine rings is 1. The molecule has 0 aliphatic carbocycles. The van der Waals surface area contributed by atoms with Gasteiger partial charge in [0.1, 0.15) is 6.04 Å². The maximum atomic E-state index is 12.1. The van der Waals surface area contributed by atoms with Gasteiger partial charge in [0, 0.05) is 45.2 Å². The van der Waals surface area contributed by atoms with Crippen molar-refractivity contribution in [1.29, 1.82) is 0 Å². The van der Waals surface area contributed by atoms with Crippen LogP contribution in [0.15, 0.2) is 0 Å². The van der Waals surface area contributed by atoms with Crippen molar-refractivity contribution < 1.29 is 19.5 Å². The molecule has 2 rings (SSSR count). The Morgan fingerprint density at radius 1 is 1.33 bits per heavy atom. The fourth-order valence-electron chi connectivity index (χ4n) is 2.59. The van der Waals surface area contributed by atoms with Gasteiger partial charge in [-0.25, -0.2) is 4.79 Å². The first-order chi connectivity index (χ1) is 9.97. The summed E-state index contributed by atoms with van der Waals surface area (Å²) in [5.74, 6) is -0.817. The van der Waals surface area contributed by atoms with Crippen LogP contribution in [-0.2, 0) is 9.59 Å². The van der Waals surface area contributed by atoms with Crippen LogP contribution in [0, 0.1) is 0 Å². The number of amides is 3. The van der Waals surface area contributed by atoms with E-state index in [0.29, 0.717) is 45.6 Å². The van der Waals surface area contributed by atoms with Crippen LogP contribution in [0.5, 0.6) is 0 Å². The van der Waals surface area contributed by atoms with Crippen molar-refractivity contribution in [2.24, 2.45) is 0 Å². The van der Waals surface area contributed by atoms with Crippen LogP contribution in [-0.4, -0.2) is 77.6 Å². The molecule has 3 N–H and O–H groups in total. The van der Waals surface area contributed by atoms with Gasteiger partial charge in [-0.2, -0.15) is 0 Å². The molecular weight excluding hydrogens is 276 g/mol. The van der Waals surface area contributed by atoms with Gasteiger partial charge in [0.15, 0.2) is 0 Å². The Kier molecular flexibility index (Phi) is 5.00. The predicted molar refractivity (Wildman–Crippen MR) is 74.8 cm³/mol. The fraction of sp³-hybridized carbons (Fsp3) is 0.769. The number of carboxylic acid groups (broad SMARTS) is 1. The van der Waals surface area contributed by atoms with Gasteiger partial charge in [-0.05, 0) is 13.3 Å². The molecule has 0 aromatic rings. The van der Waals surface area contributed by atoms with Crippen molar-refractivity contribution in [2.45, 2.75) is 31.8 Å². The zero-order chi connectivity index (χ0) is 15.4. The van der Waals surface area contributed by atoms with Crippen molar-refractivity contribution in [1.82, 2.24) is 20.4 Å². The molecule has 2 aliphatic rings. The molecular formula is C13H22N4O4. The number of urea groups is 1. The van der Waals surface area contributed by atoms with Gasteiger partial charge >= 0.3 is 12.0 Å². The standard InChI is InChI=1S/C13H22N4O4/c1-9(12(19)20)16-4-6-17(7-5-16)13(21)15-10-2-3-11(18)14-8-10/h9-10H,2-8H2,1H3,(H,14,18)(H,15,21)(H,19,20). The number of carbonyl (C=O) groups excluding carboxylic acids is 2. The second-order valence-electron chi connectivity index (χ2n) is 5.53. The van der Waals surface area contributed by atoms with Crippen molar-refractivity contribution in [2.75, 3.05) is 32.7 Å². The van der Waals surface area contributed by atoms with Crippen molar-refractivity contribution in [3.05, 3.63) is 0 Å². The molecule has 8 heteroatoms. The first kappa shape index (κ1) is 15.6. The van der Waals surface area contributed by atoms with Crippen molar-refractivity contribution in [3.8, 4) is 0 Å². The molecule has 2 heterocycles. The van der Waals surface area contributed by atoms with Crippen molar-refractivity contribution >= 4 is 17.9 Å². The normalized spacial score (nSPS) is 25.1. The number of hydrogen-bond acceptors (Lipinski definition) is 4. The van der Waals surface area contributed by atoms with E-state index in [1.54, 1.807) is 11.8 Å². The smallest absolute Gasteiger partial charge is 0.320 e. The summed E-state index contributed by atoms with van der Waals surface area (Å²) >= 11 is 0. The Labute approximate surface area is 123 Å². The first-order valence-electron chi connectivity index (χ1n) is 7.26. The van der Waals surface area contributed by atoms with E-state index in [4.69, 9.17) is 5.11 Å². The second-order valence-corrected chi connectivity index (χ2v) is 5.53. The molecule has 8 nitrogen and oxygen atoms in total.